The second-order valence-electron chi connectivity index (χ2n) is 6.61. The van der Waals surface area contributed by atoms with E-state index in [-0.39, 0.29) is 24.9 Å². The van der Waals surface area contributed by atoms with E-state index >= 15 is 0 Å². The Morgan fingerprint density at radius 3 is 2.55 bits per heavy atom. The lowest BCUT2D eigenvalue weighted by Gasteiger charge is -2.15. The topological polar surface area (TPSA) is 98.3 Å². The molecule has 0 radical (unpaired) electrons. The average Bonchev–Trinajstić information content (AvgIpc) is 2.76. The molecule has 1 atom stereocenters. The van der Waals surface area contributed by atoms with Gasteiger partial charge in [0.05, 0.1) is 6.61 Å². The number of carbonyl (C=O) groups excluding carboxylic acids is 1. The predicted molar refractivity (Wildman–Crippen MR) is 120 cm³/mol. The van der Waals surface area contributed by atoms with Gasteiger partial charge in [0.2, 0.25) is 5.91 Å². The first-order valence-electron chi connectivity index (χ1n) is 9.83. The molecule has 172 valence electrons. The fraction of sp³-hybridized carbons (Fsp3) is 0.409. The van der Waals surface area contributed by atoms with Crippen LogP contribution in [0.5, 0.6) is 17.2 Å². The van der Waals surface area contributed by atoms with Crippen molar-refractivity contribution in [3.8, 4) is 17.2 Å². The molecule has 0 aliphatic rings. The van der Waals surface area contributed by atoms with Crippen molar-refractivity contribution >= 4 is 18.3 Å². The summed E-state index contributed by atoms with van der Waals surface area (Å²) in [5.74, 6) is 1.35. The monoisotopic (exact) mass is 454 g/mol. The van der Waals surface area contributed by atoms with Gasteiger partial charge in [-0.25, -0.2) is 0 Å². The summed E-state index contributed by atoms with van der Waals surface area (Å²) in [4.78, 5) is 16.4. The molecule has 0 saturated carbocycles. The number of benzene rings is 2. The summed E-state index contributed by atoms with van der Waals surface area (Å²) < 4.78 is 16.4. The lowest BCUT2D eigenvalue weighted by molar-refractivity contribution is -0.125. The van der Waals surface area contributed by atoms with Crippen molar-refractivity contribution in [1.29, 1.82) is 0 Å². The number of aliphatic hydroxyl groups is 1. The molecule has 0 aliphatic carbocycles. The zero-order chi connectivity index (χ0) is 21.6. The minimum atomic E-state index is -0.638. The maximum Gasteiger partial charge on any atom is 0.249 e. The summed E-state index contributed by atoms with van der Waals surface area (Å²) in [6.07, 6.45) is 0.0975. The molecule has 31 heavy (non-hydrogen) atoms. The van der Waals surface area contributed by atoms with Crippen LogP contribution < -0.4 is 25.1 Å². The van der Waals surface area contributed by atoms with Gasteiger partial charge in [0.25, 0.3) is 0 Å². The molecular weight excluding hydrogens is 424 g/mol. The number of amides is 1. The van der Waals surface area contributed by atoms with Crippen molar-refractivity contribution in [3.05, 3.63) is 54.1 Å². The number of rotatable bonds is 14. The molecule has 2 aromatic rings. The van der Waals surface area contributed by atoms with Crippen LogP contribution in [0.15, 0.2) is 48.5 Å². The molecule has 0 heterocycles. The van der Waals surface area contributed by atoms with Gasteiger partial charge >= 0.3 is 0 Å². The van der Waals surface area contributed by atoms with Crippen molar-refractivity contribution in [2.45, 2.75) is 19.4 Å². The molecule has 3 N–H and O–H groups in total. The second kappa shape index (κ2) is 15.3. The van der Waals surface area contributed by atoms with Gasteiger partial charge in [0.1, 0.15) is 25.1 Å². The average molecular weight is 455 g/mol. The molecule has 2 aromatic carbocycles. The van der Waals surface area contributed by atoms with Crippen molar-refractivity contribution in [3.63, 3.8) is 0 Å². The largest absolute Gasteiger partial charge is 0.491 e. The number of carbonyl (C=O) groups is 1. The number of hydrogen-bond donors (Lipinski definition) is 3. The van der Waals surface area contributed by atoms with Crippen LogP contribution in [0, 0.1) is 0 Å². The van der Waals surface area contributed by atoms with Gasteiger partial charge in [-0.15, -0.1) is 12.4 Å². The normalized spacial score (nSPS) is 11.2. The molecule has 0 fully saturated rings. The molecule has 0 aliphatic heterocycles. The highest BCUT2D eigenvalue weighted by atomic mass is 35.5. The van der Waals surface area contributed by atoms with Crippen molar-refractivity contribution in [1.82, 2.24) is 10.8 Å². The Kier molecular flexibility index (Phi) is 13.1. The number of aliphatic hydroxyl groups excluding tert-OH is 1. The molecular formula is C22H31ClN2O6. The van der Waals surface area contributed by atoms with Crippen LogP contribution in [0.1, 0.15) is 12.5 Å². The number of hydrogen-bond acceptors (Lipinski definition) is 7. The van der Waals surface area contributed by atoms with E-state index < -0.39 is 6.10 Å². The maximum absolute atomic E-state index is 11.1. The van der Waals surface area contributed by atoms with Crippen molar-refractivity contribution < 1.29 is 28.9 Å². The Balaban J connectivity index is 0.00000480. The Bertz CT molecular complexity index is 763. The first-order valence-corrected chi connectivity index (χ1v) is 9.83. The fourth-order valence-electron chi connectivity index (χ4n) is 2.52. The van der Waals surface area contributed by atoms with Crippen LogP contribution in [0.25, 0.3) is 0 Å². The summed E-state index contributed by atoms with van der Waals surface area (Å²) >= 11 is 0. The molecule has 0 saturated heterocycles. The van der Waals surface area contributed by atoms with E-state index in [2.05, 4.69) is 10.8 Å². The highest BCUT2D eigenvalue weighted by Gasteiger charge is 2.09. The molecule has 0 bridgehead atoms. The van der Waals surface area contributed by atoms with Gasteiger partial charge in [0.15, 0.2) is 11.5 Å². The summed E-state index contributed by atoms with van der Waals surface area (Å²) in [5, 5.41) is 13.1. The predicted octanol–water partition coefficient (Wildman–Crippen LogP) is 2.14. The summed E-state index contributed by atoms with van der Waals surface area (Å²) in [7, 11) is 1.65. The number of hydroxylamine groups is 1. The zero-order valence-corrected chi connectivity index (χ0v) is 18.7. The van der Waals surface area contributed by atoms with E-state index in [1.807, 2.05) is 42.5 Å². The fourth-order valence-corrected chi connectivity index (χ4v) is 2.52. The lowest BCUT2D eigenvalue weighted by atomic mass is 10.1. The van der Waals surface area contributed by atoms with Crippen molar-refractivity contribution in [2.75, 3.05) is 40.0 Å². The molecule has 1 amide bonds. The molecule has 0 unspecified atom stereocenters. The minimum Gasteiger partial charge on any atom is -0.491 e. The highest BCUT2D eigenvalue weighted by molar-refractivity contribution is 5.85. The quantitative estimate of drug-likeness (QED) is 0.297. The minimum absolute atomic E-state index is 0. The smallest absolute Gasteiger partial charge is 0.249 e. The summed E-state index contributed by atoms with van der Waals surface area (Å²) in [6.45, 7) is 3.41. The van der Waals surface area contributed by atoms with Crippen LogP contribution in [-0.4, -0.2) is 57.1 Å². The molecule has 0 spiro atoms. The van der Waals surface area contributed by atoms with Crippen LogP contribution in [0.4, 0.5) is 0 Å². The first-order chi connectivity index (χ1) is 14.6. The maximum atomic E-state index is 11.1. The highest BCUT2D eigenvalue weighted by Crippen LogP contribution is 2.28. The van der Waals surface area contributed by atoms with Crippen LogP contribution in [0.2, 0.25) is 0 Å². The Hall–Kier alpha value is -2.52. The Morgan fingerprint density at radius 2 is 1.84 bits per heavy atom. The number of halogens is 1. The van der Waals surface area contributed by atoms with E-state index in [1.165, 1.54) is 6.92 Å². The SMILES string of the molecule is COCCc1ccc(ONC(C)=O)c(OCCNC[C@H](O)COc2ccccc2)c1.Cl. The third-order valence-electron chi connectivity index (χ3n) is 4.01. The van der Waals surface area contributed by atoms with Crippen LogP contribution >= 0.6 is 12.4 Å². The molecule has 8 nitrogen and oxygen atoms in total. The molecule has 0 aromatic heterocycles. The van der Waals surface area contributed by atoms with E-state index in [0.29, 0.717) is 37.8 Å². The van der Waals surface area contributed by atoms with Gasteiger partial charge in [-0.05, 0) is 36.2 Å². The third kappa shape index (κ3) is 10.9. The third-order valence-corrected chi connectivity index (χ3v) is 4.01. The first kappa shape index (κ1) is 26.5. The summed E-state index contributed by atoms with van der Waals surface area (Å²) in [5.41, 5.74) is 3.33. The zero-order valence-electron chi connectivity index (χ0n) is 17.8. The van der Waals surface area contributed by atoms with Crippen LogP contribution in [0.3, 0.4) is 0 Å². The lowest BCUT2D eigenvalue weighted by Crippen LogP contribution is -2.33. The number of ether oxygens (including phenoxy) is 3. The Labute approximate surface area is 189 Å². The standard InChI is InChI=1S/C22H30N2O6.ClH/c1-17(25)24-30-21-9-8-18(10-12-27-2)14-22(21)28-13-11-23-15-19(26)16-29-20-6-4-3-5-7-20;/h3-9,14,19,23,26H,10-13,15-16H2,1-2H3,(H,24,25);1H/t19-;/m0./s1. The number of para-hydroxylation sites is 1. The molecule has 9 heteroatoms. The van der Waals surface area contributed by atoms with Gasteiger partial charge in [-0.1, -0.05) is 24.3 Å². The molecule has 2 rings (SSSR count). The van der Waals surface area contributed by atoms with Gasteiger partial charge in [0, 0.05) is 27.1 Å². The van der Waals surface area contributed by atoms with Gasteiger partial charge in [-0.2, -0.15) is 5.48 Å². The van der Waals surface area contributed by atoms with Crippen LogP contribution in [-0.2, 0) is 16.0 Å². The van der Waals surface area contributed by atoms with Gasteiger partial charge in [-0.3, -0.25) is 4.79 Å². The van der Waals surface area contributed by atoms with E-state index in [4.69, 9.17) is 19.0 Å². The van der Waals surface area contributed by atoms with E-state index in [9.17, 15) is 9.90 Å². The number of methoxy groups -OCH3 is 1. The number of nitrogens with one attached hydrogen (secondary N) is 2. The van der Waals surface area contributed by atoms with Gasteiger partial charge < -0.3 is 29.5 Å². The second-order valence-corrected chi connectivity index (χ2v) is 6.61. The Morgan fingerprint density at radius 1 is 1.06 bits per heavy atom. The van der Waals surface area contributed by atoms with E-state index in [0.717, 1.165) is 17.7 Å². The summed E-state index contributed by atoms with van der Waals surface area (Å²) in [6, 6.07) is 14.9. The van der Waals surface area contributed by atoms with E-state index in [1.54, 1.807) is 13.2 Å². The van der Waals surface area contributed by atoms with Crippen molar-refractivity contribution in [2.24, 2.45) is 0 Å².